The van der Waals surface area contributed by atoms with Crippen molar-refractivity contribution in [3.05, 3.63) is 59.4 Å². The largest absolute Gasteiger partial charge is 0.454 e. The molecule has 0 amide bonds. The predicted octanol–water partition coefficient (Wildman–Crippen LogP) is 4.01. The van der Waals surface area contributed by atoms with Gasteiger partial charge in [-0.25, -0.2) is 4.39 Å². The van der Waals surface area contributed by atoms with Gasteiger partial charge in [-0.2, -0.15) is 0 Å². The second-order valence-electron chi connectivity index (χ2n) is 4.66. The molecule has 0 atom stereocenters. The van der Waals surface area contributed by atoms with Crippen molar-refractivity contribution in [2.75, 3.05) is 13.7 Å². The van der Waals surface area contributed by atoms with Crippen molar-refractivity contribution in [2.24, 2.45) is 0 Å². The fourth-order valence-electron chi connectivity index (χ4n) is 1.95. The summed E-state index contributed by atoms with van der Waals surface area (Å²) >= 11 is 0. The third-order valence-electron chi connectivity index (χ3n) is 3.08. The number of halogens is 1. The summed E-state index contributed by atoms with van der Waals surface area (Å²) in [7, 11) is 1.65. The van der Waals surface area contributed by atoms with Gasteiger partial charge in [-0.15, -0.1) is 0 Å². The number of methoxy groups -OCH3 is 1. The van der Waals surface area contributed by atoms with E-state index in [2.05, 4.69) is 0 Å². The lowest BCUT2D eigenvalue weighted by Gasteiger charge is -2.11. The maximum absolute atomic E-state index is 13.8. The van der Waals surface area contributed by atoms with Gasteiger partial charge in [-0.05, 0) is 43.2 Å². The monoisotopic (exact) mass is 288 g/mol. The fraction of sp³-hybridized carbons (Fsp3) is 0.235. The number of ether oxygens (including phenoxy) is 2. The highest BCUT2D eigenvalue weighted by Crippen LogP contribution is 2.29. The molecule has 0 unspecified atom stereocenters. The van der Waals surface area contributed by atoms with Crippen molar-refractivity contribution in [1.82, 2.24) is 0 Å². The van der Waals surface area contributed by atoms with Gasteiger partial charge in [0.2, 0.25) is 0 Å². The van der Waals surface area contributed by atoms with Crippen LogP contribution in [0, 0.1) is 5.82 Å². The van der Waals surface area contributed by atoms with E-state index in [1.165, 1.54) is 19.1 Å². The maximum atomic E-state index is 13.8. The highest BCUT2D eigenvalue weighted by Gasteiger charge is 2.14. The van der Waals surface area contributed by atoms with E-state index in [4.69, 9.17) is 9.47 Å². The lowest BCUT2D eigenvalue weighted by molar-refractivity contribution is 0.101. The second-order valence-corrected chi connectivity index (χ2v) is 4.66. The van der Waals surface area contributed by atoms with Gasteiger partial charge >= 0.3 is 0 Å². The van der Waals surface area contributed by atoms with Gasteiger partial charge in [-0.1, -0.05) is 18.2 Å². The van der Waals surface area contributed by atoms with Crippen molar-refractivity contribution < 1.29 is 18.7 Å². The topological polar surface area (TPSA) is 35.5 Å². The Labute approximate surface area is 123 Å². The van der Waals surface area contributed by atoms with Gasteiger partial charge in [0.25, 0.3) is 0 Å². The summed E-state index contributed by atoms with van der Waals surface area (Å²) in [5, 5.41) is 0. The highest BCUT2D eigenvalue weighted by atomic mass is 19.1. The zero-order valence-electron chi connectivity index (χ0n) is 12.1. The Kier molecular flexibility index (Phi) is 5.06. The zero-order chi connectivity index (χ0) is 15.2. The first-order chi connectivity index (χ1) is 10.1. The normalized spacial score (nSPS) is 10.4. The number of carbonyl (C=O) groups is 1. The molecule has 0 N–H and O–H groups in total. The Morgan fingerprint density at radius 1 is 1.14 bits per heavy atom. The fourth-order valence-corrected chi connectivity index (χ4v) is 1.95. The minimum absolute atomic E-state index is 0.0327. The molecule has 2 aromatic carbocycles. The summed E-state index contributed by atoms with van der Waals surface area (Å²) in [4.78, 5) is 11.5. The lowest BCUT2D eigenvalue weighted by Crippen LogP contribution is -2.00. The van der Waals surface area contributed by atoms with Crippen LogP contribution in [-0.2, 0) is 11.2 Å². The quantitative estimate of drug-likeness (QED) is 0.753. The van der Waals surface area contributed by atoms with Gasteiger partial charge in [0.05, 0.1) is 12.2 Å². The highest BCUT2D eigenvalue weighted by molar-refractivity contribution is 5.96. The summed E-state index contributed by atoms with van der Waals surface area (Å²) < 4.78 is 24.4. The molecule has 0 aliphatic heterocycles. The van der Waals surface area contributed by atoms with E-state index in [9.17, 15) is 9.18 Å². The molecule has 0 saturated carbocycles. The molecule has 0 spiro atoms. The Balaban J connectivity index is 2.20. The average Bonchev–Trinajstić information content (AvgIpc) is 2.48. The molecule has 0 saturated heterocycles. The molecule has 0 aliphatic rings. The van der Waals surface area contributed by atoms with Crippen LogP contribution in [0.2, 0.25) is 0 Å². The number of carbonyl (C=O) groups excluding carboxylic acids is 1. The molecular weight excluding hydrogens is 271 g/mol. The number of ketones is 1. The number of hydrogen-bond donors (Lipinski definition) is 0. The first kappa shape index (κ1) is 15.2. The first-order valence-corrected chi connectivity index (χ1v) is 6.67. The molecule has 0 fully saturated rings. The van der Waals surface area contributed by atoms with Crippen molar-refractivity contribution in [3.8, 4) is 11.5 Å². The van der Waals surface area contributed by atoms with Gasteiger partial charge in [0, 0.05) is 7.11 Å². The summed E-state index contributed by atoms with van der Waals surface area (Å²) in [6.07, 6.45) is 0.801. The molecular formula is C17H17FO3. The lowest BCUT2D eigenvalue weighted by atomic mass is 10.1. The van der Waals surface area contributed by atoms with Crippen LogP contribution in [-0.4, -0.2) is 19.5 Å². The molecule has 4 heteroatoms. The van der Waals surface area contributed by atoms with Gasteiger partial charge < -0.3 is 9.47 Å². The van der Waals surface area contributed by atoms with Gasteiger partial charge in [0.15, 0.2) is 17.3 Å². The first-order valence-electron chi connectivity index (χ1n) is 6.67. The molecule has 2 aromatic rings. The van der Waals surface area contributed by atoms with Crippen molar-refractivity contribution >= 4 is 5.78 Å². The van der Waals surface area contributed by atoms with E-state index in [-0.39, 0.29) is 17.1 Å². The van der Waals surface area contributed by atoms with Crippen LogP contribution >= 0.6 is 0 Å². The molecule has 3 nitrogen and oxygen atoms in total. The number of Topliss-reactive ketones (excluding diaryl/α,β-unsaturated/α-hetero) is 1. The number of hydrogen-bond acceptors (Lipinski definition) is 3. The molecule has 2 rings (SSSR count). The number of benzene rings is 2. The van der Waals surface area contributed by atoms with Crippen LogP contribution in [0.15, 0.2) is 42.5 Å². The number of para-hydroxylation sites is 1. The van der Waals surface area contributed by atoms with Crippen LogP contribution in [0.25, 0.3) is 0 Å². The van der Waals surface area contributed by atoms with Crippen LogP contribution < -0.4 is 4.74 Å². The molecule has 0 aromatic heterocycles. The van der Waals surface area contributed by atoms with E-state index in [0.29, 0.717) is 12.4 Å². The molecule has 21 heavy (non-hydrogen) atoms. The van der Waals surface area contributed by atoms with E-state index < -0.39 is 5.82 Å². The minimum atomic E-state index is -0.550. The van der Waals surface area contributed by atoms with Crippen LogP contribution in [0.5, 0.6) is 11.5 Å². The molecule has 0 aliphatic carbocycles. The summed E-state index contributed by atoms with van der Waals surface area (Å²) in [6.45, 7) is 2.03. The molecule has 0 radical (unpaired) electrons. The van der Waals surface area contributed by atoms with Crippen molar-refractivity contribution in [1.29, 1.82) is 0 Å². The summed E-state index contributed by atoms with van der Waals surface area (Å²) in [5.41, 5.74) is 1.34. The Morgan fingerprint density at radius 3 is 2.48 bits per heavy atom. The van der Waals surface area contributed by atoms with Crippen LogP contribution in [0.1, 0.15) is 22.8 Å². The Morgan fingerprint density at radius 2 is 1.86 bits per heavy atom. The average molecular weight is 288 g/mol. The van der Waals surface area contributed by atoms with E-state index in [1.807, 2.05) is 12.1 Å². The van der Waals surface area contributed by atoms with E-state index in [1.54, 1.807) is 25.3 Å². The van der Waals surface area contributed by atoms with E-state index in [0.717, 1.165) is 12.0 Å². The predicted molar refractivity (Wildman–Crippen MR) is 78.5 cm³/mol. The SMILES string of the molecule is COCCc1ccc(Oc2c(F)cccc2C(C)=O)cc1. The zero-order valence-corrected chi connectivity index (χ0v) is 12.1. The molecule has 0 heterocycles. The van der Waals surface area contributed by atoms with Gasteiger partial charge in [-0.3, -0.25) is 4.79 Å². The standard InChI is InChI=1S/C17H17FO3/c1-12(19)15-4-3-5-16(18)17(15)21-14-8-6-13(7-9-14)10-11-20-2/h3-9H,10-11H2,1-2H3. The van der Waals surface area contributed by atoms with Crippen LogP contribution in [0.3, 0.4) is 0 Å². The Bertz CT molecular complexity index is 620. The second kappa shape index (κ2) is 6.99. The smallest absolute Gasteiger partial charge is 0.173 e. The third-order valence-corrected chi connectivity index (χ3v) is 3.08. The number of rotatable bonds is 6. The molecule has 110 valence electrons. The summed E-state index contributed by atoms with van der Waals surface area (Å²) in [6, 6.07) is 11.6. The molecule has 0 bridgehead atoms. The Hall–Kier alpha value is -2.20. The van der Waals surface area contributed by atoms with Crippen molar-refractivity contribution in [3.63, 3.8) is 0 Å². The van der Waals surface area contributed by atoms with Crippen molar-refractivity contribution in [2.45, 2.75) is 13.3 Å². The van der Waals surface area contributed by atoms with Crippen LogP contribution in [0.4, 0.5) is 4.39 Å². The van der Waals surface area contributed by atoms with E-state index >= 15 is 0 Å². The summed E-state index contributed by atoms with van der Waals surface area (Å²) in [5.74, 6) is -0.328. The maximum Gasteiger partial charge on any atom is 0.173 e. The van der Waals surface area contributed by atoms with Gasteiger partial charge in [0.1, 0.15) is 5.75 Å². The third kappa shape index (κ3) is 3.89. The minimum Gasteiger partial charge on any atom is -0.454 e.